The molecule has 0 aromatic rings. The van der Waals surface area contributed by atoms with E-state index in [4.69, 9.17) is 0 Å². The molecule has 0 radical (unpaired) electrons. The SMILES string of the molecule is CCCN(C)CCC1CCN(CS)CC1. The first-order valence-corrected chi connectivity index (χ1v) is 6.91. The van der Waals surface area contributed by atoms with E-state index >= 15 is 0 Å². The summed E-state index contributed by atoms with van der Waals surface area (Å²) in [5.41, 5.74) is 0. The van der Waals surface area contributed by atoms with Crippen LogP contribution in [0.3, 0.4) is 0 Å². The number of hydrogen-bond donors (Lipinski definition) is 1. The third-order valence-corrected chi connectivity index (χ3v) is 3.83. The fourth-order valence-electron chi connectivity index (χ4n) is 2.31. The van der Waals surface area contributed by atoms with Gasteiger partial charge in [0, 0.05) is 5.88 Å². The van der Waals surface area contributed by atoms with E-state index in [2.05, 4.69) is 36.4 Å². The largest absolute Gasteiger partial charge is 0.306 e. The van der Waals surface area contributed by atoms with Gasteiger partial charge in [-0.1, -0.05) is 6.92 Å². The Kier molecular flexibility index (Phi) is 6.69. The van der Waals surface area contributed by atoms with Crippen molar-refractivity contribution in [2.45, 2.75) is 32.6 Å². The van der Waals surface area contributed by atoms with Gasteiger partial charge >= 0.3 is 0 Å². The van der Waals surface area contributed by atoms with Gasteiger partial charge in [0.1, 0.15) is 0 Å². The molecular weight excluding hydrogens is 204 g/mol. The molecule has 1 rings (SSSR count). The topological polar surface area (TPSA) is 6.48 Å². The van der Waals surface area contributed by atoms with Crippen molar-refractivity contribution in [3.05, 3.63) is 0 Å². The Morgan fingerprint density at radius 1 is 1.27 bits per heavy atom. The standard InChI is InChI=1S/C12H26N2S/c1-3-7-13(2)8-4-12-5-9-14(11-15)10-6-12/h12,15H,3-11H2,1-2H3. The molecule has 0 N–H and O–H groups in total. The van der Waals surface area contributed by atoms with Crippen molar-refractivity contribution in [1.82, 2.24) is 9.80 Å². The van der Waals surface area contributed by atoms with Gasteiger partial charge in [-0.25, -0.2) is 0 Å². The van der Waals surface area contributed by atoms with Crippen LogP contribution >= 0.6 is 12.6 Å². The molecule has 0 amide bonds. The van der Waals surface area contributed by atoms with Crippen LogP contribution < -0.4 is 0 Å². The molecule has 0 aliphatic carbocycles. The van der Waals surface area contributed by atoms with Gasteiger partial charge in [-0.2, -0.15) is 12.6 Å². The predicted octanol–water partition coefficient (Wildman–Crippen LogP) is 2.32. The molecule has 1 aliphatic heterocycles. The van der Waals surface area contributed by atoms with Crippen molar-refractivity contribution in [2.24, 2.45) is 5.92 Å². The normalized spacial score (nSPS) is 20.0. The van der Waals surface area contributed by atoms with Crippen molar-refractivity contribution < 1.29 is 0 Å². The van der Waals surface area contributed by atoms with Crippen LogP contribution in [0, 0.1) is 5.92 Å². The van der Waals surface area contributed by atoms with Crippen LogP contribution in [0.2, 0.25) is 0 Å². The summed E-state index contributed by atoms with van der Waals surface area (Å²) in [6, 6.07) is 0. The summed E-state index contributed by atoms with van der Waals surface area (Å²) < 4.78 is 0. The Hall–Kier alpha value is 0.270. The Labute approximate surface area is 100 Å². The maximum atomic E-state index is 4.32. The first kappa shape index (κ1) is 13.3. The lowest BCUT2D eigenvalue weighted by atomic mass is 9.94. The minimum Gasteiger partial charge on any atom is -0.306 e. The van der Waals surface area contributed by atoms with Crippen molar-refractivity contribution in [3.63, 3.8) is 0 Å². The van der Waals surface area contributed by atoms with E-state index in [1.165, 1.54) is 51.9 Å². The second-order valence-electron chi connectivity index (χ2n) is 4.79. The molecule has 15 heavy (non-hydrogen) atoms. The average Bonchev–Trinajstić information content (AvgIpc) is 2.27. The van der Waals surface area contributed by atoms with E-state index in [1.54, 1.807) is 0 Å². The second-order valence-corrected chi connectivity index (χ2v) is 5.08. The second kappa shape index (κ2) is 7.53. The zero-order chi connectivity index (χ0) is 11.1. The van der Waals surface area contributed by atoms with E-state index in [0.29, 0.717) is 0 Å². The molecule has 0 atom stereocenters. The minimum absolute atomic E-state index is 0.933. The molecule has 0 aromatic carbocycles. The number of piperidine rings is 1. The number of nitrogens with zero attached hydrogens (tertiary/aromatic N) is 2. The molecule has 0 saturated carbocycles. The maximum Gasteiger partial charge on any atom is 0.0414 e. The average molecular weight is 230 g/mol. The lowest BCUT2D eigenvalue weighted by Gasteiger charge is -2.31. The highest BCUT2D eigenvalue weighted by Crippen LogP contribution is 2.20. The molecule has 0 unspecified atom stereocenters. The lowest BCUT2D eigenvalue weighted by Crippen LogP contribution is -2.34. The zero-order valence-corrected chi connectivity index (χ0v) is 11.2. The van der Waals surface area contributed by atoms with Crippen LogP contribution in [0.4, 0.5) is 0 Å². The predicted molar refractivity (Wildman–Crippen MR) is 70.6 cm³/mol. The summed E-state index contributed by atoms with van der Waals surface area (Å²) in [7, 11) is 2.24. The Balaban J connectivity index is 2.08. The van der Waals surface area contributed by atoms with Gasteiger partial charge in [-0.3, -0.25) is 4.90 Å². The zero-order valence-electron chi connectivity index (χ0n) is 10.3. The molecule has 0 bridgehead atoms. The molecule has 1 heterocycles. The van der Waals surface area contributed by atoms with Crippen LogP contribution in [0.1, 0.15) is 32.6 Å². The molecule has 3 heteroatoms. The smallest absolute Gasteiger partial charge is 0.0414 e. The molecule has 90 valence electrons. The van der Waals surface area contributed by atoms with Crippen LogP contribution in [-0.2, 0) is 0 Å². The monoisotopic (exact) mass is 230 g/mol. The highest BCUT2D eigenvalue weighted by Gasteiger charge is 2.17. The van der Waals surface area contributed by atoms with Crippen molar-refractivity contribution >= 4 is 12.6 Å². The number of thiol groups is 1. The summed E-state index contributed by atoms with van der Waals surface area (Å²) >= 11 is 4.32. The highest BCUT2D eigenvalue weighted by molar-refractivity contribution is 7.80. The number of likely N-dealkylation sites (tertiary alicyclic amines) is 1. The molecule has 2 nitrogen and oxygen atoms in total. The fraction of sp³-hybridized carbons (Fsp3) is 1.00. The van der Waals surface area contributed by atoms with E-state index in [-0.39, 0.29) is 0 Å². The summed E-state index contributed by atoms with van der Waals surface area (Å²) in [5, 5.41) is 0. The Bertz CT molecular complexity index is 156. The van der Waals surface area contributed by atoms with Gasteiger partial charge in [0.2, 0.25) is 0 Å². The van der Waals surface area contributed by atoms with Gasteiger partial charge in [0.05, 0.1) is 0 Å². The Morgan fingerprint density at radius 3 is 2.47 bits per heavy atom. The van der Waals surface area contributed by atoms with E-state index in [1.807, 2.05) is 0 Å². The third kappa shape index (κ3) is 5.23. The highest BCUT2D eigenvalue weighted by atomic mass is 32.1. The van der Waals surface area contributed by atoms with Gasteiger partial charge in [-0.15, -0.1) is 0 Å². The molecule has 1 fully saturated rings. The van der Waals surface area contributed by atoms with Crippen molar-refractivity contribution in [2.75, 3.05) is 39.1 Å². The van der Waals surface area contributed by atoms with Crippen molar-refractivity contribution in [1.29, 1.82) is 0 Å². The van der Waals surface area contributed by atoms with Crippen molar-refractivity contribution in [3.8, 4) is 0 Å². The maximum absolute atomic E-state index is 4.32. The fourth-order valence-corrected chi connectivity index (χ4v) is 2.60. The van der Waals surface area contributed by atoms with Crippen LogP contribution in [0.5, 0.6) is 0 Å². The summed E-state index contributed by atoms with van der Waals surface area (Å²) in [6.45, 7) is 7.29. The first-order valence-electron chi connectivity index (χ1n) is 6.28. The van der Waals surface area contributed by atoms with E-state index < -0.39 is 0 Å². The first-order chi connectivity index (χ1) is 7.26. The van der Waals surface area contributed by atoms with E-state index in [9.17, 15) is 0 Å². The quantitative estimate of drug-likeness (QED) is 0.700. The van der Waals surface area contributed by atoms with Crippen LogP contribution in [0.15, 0.2) is 0 Å². The summed E-state index contributed by atoms with van der Waals surface area (Å²) in [4.78, 5) is 4.90. The van der Waals surface area contributed by atoms with Gasteiger partial charge in [0.25, 0.3) is 0 Å². The molecule has 1 aliphatic rings. The van der Waals surface area contributed by atoms with Gasteiger partial charge in [0.15, 0.2) is 0 Å². The third-order valence-electron chi connectivity index (χ3n) is 3.43. The molecule has 0 aromatic heterocycles. The van der Waals surface area contributed by atoms with Crippen LogP contribution in [-0.4, -0.2) is 48.9 Å². The molecule has 1 saturated heterocycles. The number of rotatable bonds is 6. The van der Waals surface area contributed by atoms with Gasteiger partial charge < -0.3 is 4.90 Å². The summed E-state index contributed by atoms with van der Waals surface area (Å²) in [5.74, 6) is 1.89. The molecule has 0 spiro atoms. The lowest BCUT2D eigenvalue weighted by molar-refractivity contribution is 0.190. The van der Waals surface area contributed by atoms with Crippen LogP contribution in [0.25, 0.3) is 0 Å². The summed E-state index contributed by atoms with van der Waals surface area (Å²) in [6.07, 6.45) is 5.41. The molecular formula is C12H26N2S. The van der Waals surface area contributed by atoms with E-state index in [0.717, 1.165) is 11.8 Å². The Morgan fingerprint density at radius 2 is 1.93 bits per heavy atom. The van der Waals surface area contributed by atoms with Gasteiger partial charge in [-0.05, 0) is 64.8 Å². The number of hydrogen-bond acceptors (Lipinski definition) is 3. The minimum atomic E-state index is 0.933.